The molecule has 2 aliphatic heterocycles. The highest BCUT2D eigenvalue weighted by molar-refractivity contribution is 7.99. The van der Waals surface area contributed by atoms with Gasteiger partial charge in [-0.25, -0.2) is 18.5 Å². The molecule has 0 radical (unpaired) electrons. The molecule has 22 heteroatoms. The number of nitrogen functional groups attached to an aromatic ring is 1. The number of phosphoric acid groups is 3. The monoisotopic (exact) mass is 757 g/mol. The normalized spacial score (nSPS) is 19.5. The summed E-state index contributed by atoms with van der Waals surface area (Å²) in [5, 5.41) is 2.75. The number of nitrogens with two attached hydrogens (primary N) is 1. The molecule has 5 rings (SSSR count). The molecule has 2 unspecified atom stereocenters. The number of fused-ring (bicyclic) bond motifs is 2. The Morgan fingerprint density at radius 1 is 1.02 bits per heavy atom. The third-order valence-corrected chi connectivity index (χ3v) is 11.8. The number of amides is 1. The maximum absolute atomic E-state index is 12.7. The van der Waals surface area contributed by atoms with E-state index in [1.54, 1.807) is 11.8 Å². The molecule has 1 saturated heterocycles. The van der Waals surface area contributed by atoms with Gasteiger partial charge in [0.2, 0.25) is 5.91 Å². The van der Waals surface area contributed by atoms with E-state index >= 15 is 0 Å². The number of nitrogens with zero attached hydrogens (tertiary/aromatic N) is 3. The number of hydrogen-bond acceptors (Lipinski definition) is 13. The SMILES string of the molecule is Nc1nc(=O)n([C@H]2CC[C@@H](COP(=O)(O)OP(=O)(O)OP(=O)(O)O)O2)cc1C#CCNC(=O)CCN1c2ccccc2Sc2ccccc21. The third kappa shape index (κ3) is 10.1. The molecule has 0 aliphatic carbocycles. The van der Waals surface area contributed by atoms with Crippen molar-refractivity contribution in [2.24, 2.45) is 0 Å². The number of rotatable bonds is 12. The highest BCUT2D eigenvalue weighted by Gasteiger charge is 2.41. The predicted octanol–water partition coefficient (Wildman–Crippen LogP) is 3.01. The minimum absolute atomic E-state index is 0.0109. The summed E-state index contributed by atoms with van der Waals surface area (Å²) >= 11 is 1.68. The Kier molecular flexibility index (Phi) is 11.5. The van der Waals surface area contributed by atoms with Crippen molar-refractivity contribution in [3.05, 3.63) is 70.8 Å². The van der Waals surface area contributed by atoms with Crippen LogP contribution < -0.4 is 21.6 Å². The van der Waals surface area contributed by atoms with Gasteiger partial charge in [-0.15, -0.1) is 0 Å². The van der Waals surface area contributed by atoms with Gasteiger partial charge in [0.05, 0.1) is 36.2 Å². The summed E-state index contributed by atoms with van der Waals surface area (Å²) < 4.78 is 53.0. The topological polar surface area (TPSA) is 262 Å². The van der Waals surface area contributed by atoms with Gasteiger partial charge in [-0.05, 0) is 37.1 Å². The van der Waals surface area contributed by atoms with Gasteiger partial charge in [0.15, 0.2) is 0 Å². The summed E-state index contributed by atoms with van der Waals surface area (Å²) in [5.41, 5.74) is 7.34. The van der Waals surface area contributed by atoms with Crippen LogP contribution in [0.1, 0.15) is 31.1 Å². The van der Waals surface area contributed by atoms with Crippen molar-refractivity contribution in [2.75, 3.05) is 30.3 Å². The van der Waals surface area contributed by atoms with Crippen LogP contribution in [0.25, 0.3) is 0 Å². The molecule has 0 bridgehead atoms. The quantitative estimate of drug-likeness (QED) is 0.115. The maximum atomic E-state index is 12.7. The minimum atomic E-state index is -5.67. The number of nitrogens with one attached hydrogen (secondary N) is 1. The first-order valence-corrected chi connectivity index (χ1v) is 19.6. The Balaban J connectivity index is 1.14. The molecule has 1 fully saturated rings. The van der Waals surface area contributed by atoms with Crippen molar-refractivity contribution in [2.45, 2.75) is 41.4 Å². The van der Waals surface area contributed by atoms with Gasteiger partial charge in [0, 0.05) is 29.0 Å². The Morgan fingerprint density at radius 3 is 2.33 bits per heavy atom. The molecule has 49 heavy (non-hydrogen) atoms. The number of carbonyl (C=O) groups excluding carboxylic acids is 1. The summed E-state index contributed by atoms with van der Waals surface area (Å²) in [6.07, 6.45) is 0.0964. The molecule has 0 saturated carbocycles. The van der Waals surface area contributed by atoms with Crippen LogP contribution in [0.5, 0.6) is 0 Å². The zero-order chi connectivity index (χ0) is 35.4. The number of phosphoric ester groups is 1. The largest absolute Gasteiger partial charge is 0.490 e. The lowest BCUT2D eigenvalue weighted by molar-refractivity contribution is -0.120. The highest BCUT2D eigenvalue weighted by Crippen LogP contribution is 2.66. The van der Waals surface area contributed by atoms with Crippen molar-refractivity contribution in [1.82, 2.24) is 14.9 Å². The van der Waals surface area contributed by atoms with Crippen molar-refractivity contribution >= 4 is 58.3 Å². The average Bonchev–Trinajstić information content (AvgIpc) is 3.48. The van der Waals surface area contributed by atoms with Crippen LogP contribution in [0.4, 0.5) is 17.2 Å². The zero-order valence-corrected chi connectivity index (χ0v) is 28.7. The number of carbonyl (C=O) groups is 1. The van der Waals surface area contributed by atoms with Crippen LogP contribution in [0.2, 0.25) is 0 Å². The van der Waals surface area contributed by atoms with E-state index in [2.05, 4.69) is 40.2 Å². The highest BCUT2D eigenvalue weighted by atomic mass is 32.2. The lowest BCUT2D eigenvalue weighted by Crippen LogP contribution is -2.30. The van der Waals surface area contributed by atoms with Crippen molar-refractivity contribution in [3.63, 3.8) is 0 Å². The van der Waals surface area contributed by atoms with Crippen molar-refractivity contribution < 1.29 is 55.9 Å². The first-order chi connectivity index (χ1) is 23.1. The molecular formula is C27H30N5O13P3S. The average molecular weight is 758 g/mol. The molecule has 1 aromatic heterocycles. The Labute approximate surface area is 283 Å². The first kappa shape index (κ1) is 36.9. The van der Waals surface area contributed by atoms with Crippen LogP contribution in [-0.4, -0.2) is 60.8 Å². The fourth-order valence-corrected chi connectivity index (χ4v) is 9.03. The molecule has 0 spiro atoms. The van der Waals surface area contributed by atoms with Gasteiger partial charge < -0.3 is 40.3 Å². The van der Waals surface area contributed by atoms with E-state index in [0.717, 1.165) is 25.7 Å². The van der Waals surface area contributed by atoms with Crippen molar-refractivity contribution in [1.29, 1.82) is 0 Å². The van der Waals surface area contributed by atoms with Gasteiger partial charge in [-0.3, -0.25) is 13.9 Å². The molecule has 3 heterocycles. The zero-order valence-electron chi connectivity index (χ0n) is 25.2. The predicted molar refractivity (Wildman–Crippen MR) is 174 cm³/mol. The van der Waals surface area contributed by atoms with Gasteiger partial charge in [0.25, 0.3) is 0 Å². The molecule has 2 aromatic carbocycles. The molecule has 262 valence electrons. The van der Waals surface area contributed by atoms with E-state index in [0.29, 0.717) is 6.54 Å². The molecule has 2 aliphatic rings. The second-order valence-corrected chi connectivity index (χ2v) is 15.9. The van der Waals surface area contributed by atoms with Gasteiger partial charge >= 0.3 is 29.2 Å². The number of hydrogen-bond donors (Lipinski definition) is 6. The summed E-state index contributed by atoms with van der Waals surface area (Å²) in [6, 6.07) is 16.0. The summed E-state index contributed by atoms with van der Waals surface area (Å²) in [7, 11) is -16.5. The van der Waals surface area contributed by atoms with Crippen LogP contribution in [0, 0.1) is 11.8 Å². The van der Waals surface area contributed by atoms with E-state index in [1.165, 1.54) is 6.20 Å². The number of anilines is 3. The van der Waals surface area contributed by atoms with E-state index < -0.39 is 48.1 Å². The summed E-state index contributed by atoms with van der Waals surface area (Å²) in [4.78, 5) is 69.5. The van der Waals surface area contributed by atoms with Crippen LogP contribution in [-0.2, 0) is 36.4 Å². The maximum Gasteiger partial charge on any atom is 0.490 e. The van der Waals surface area contributed by atoms with E-state index in [-0.39, 0.29) is 43.1 Å². The summed E-state index contributed by atoms with van der Waals surface area (Å²) in [6.45, 7) is -0.234. The molecule has 1 amide bonds. The number of para-hydroxylation sites is 2. The number of ether oxygens (including phenoxy) is 1. The van der Waals surface area contributed by atoms with E-state index in [9.17, 15) is 33.1 Å². The lowest BCUT2D eigenvalue weighted by Gasteiger charge is -2.32. The fourth-order valence-electron chi connectivity index (χ4n) is 4.88. The summed E-state index contributed by atoms with van der Waals surface area (Å²) in [5.74, 6) is 5.19. The van der Waals surface area contributed by atoms with Crippen molar-refractivity contribution in [3.8, 4) is 11.8 Å². The second-order valence-electron chi connectivity index (χ2n) is 10.4. The van der Waals surface area contributed by atoms with Gasteiger partial charge in [0.1, 0.15) is 12.0 Å². The van der Waals surface area contributed by atoms with Crippen LogP contribution in [0.15, 0.2) is 69.3 Å². The van der Waals surface area contributed by atoms with E-state index in [4.69, 9.17) is 20.3 Å². The smallest absolute Gasteiger partial charge is 0.382 e. The minimum Gasteiger partial charge on any atom is -0.382 e. The molecular weight excluding hydrogens is 727 g/mol. The van der Waals surface area contributed by atoms with Crippen LogP contribution >= 0.6 is 35.2 Å². The molecule has 18 nitrogen and oxygen atoms in total. The molecule has 3 aromatic rings. The molecule has 7 N–H and O–H groups in total. The second kappa shape index (κ2) is 15.3. The molecule has 4 atom stereocenters. The Bertz CT molecular complexity index is 1950. The number of benzene rings is 2. The fraction of sp³-hybridized carbons (Fsp3) is 0.296. The Morgan fingerprint density at radius 2 is 1.67 bits per heavy atom. The first-order valence-electron chi connectivity index (χ1n) is 14.3. The Hall–Kier alpha value is -3.33. The van der Waals surface area contributed by atoms with Crippen LogP contribution in [0.3, 0.4) is 0 Å². The van der Waals surface area contributed by atoms with E-state index in [1.807, 2.05) is 48.5 Å². The lowest BCUT2D eigenvalue weighted by atomic mass is 10.2. The van der Waals surface area contributed by atoms with Gasteiger partial charge in [-0.2, -0.15) is 13.6 Å². The third-order valence-electron chi connectivity index (χ3n) is 6.91. The standard InChI is InChI=1S/C27H30N5O13P3S/c28-26-18(6-5-14-29-24(33)13-15-31-20-7-1-3-9-22(20)49-23-10-4-2-8-21(23)31)16-32(27(34)30-26)25-12-11-19(43-25)17-42-47(38,39)45-48(40,41)44-46(35,36)37/h1-4,7-10,16,19,25H,11-15,17H2,(H,29,33)(H,38,39)(H,40,41)(H2,28,30,34)(H2,35,36,37)/t19-,25+/m0/s1. The number of aromatic nitrogens is 2. The van der Waals surface area contributed by atoms with Gasteiger partial charge in [-0.1, -0.05) is 47.9 Å².